The van der Waals surface area contributed by atoms with Crippen LogP contribution in [0.3, 0.4) is 0 Å². The lowest BCUT2D eigenvalue weighted by Gasteiger charge is -2.24. The standard InChI is InChI=1S/C17H21NO2/c1-11-12(9-10-20-11)17(18)15-7-8-16(19-2)14-6-4-3-5-13(14)15/h3-8,11-12,17H,9-10,18H2,1-2H3. The minimum Gasteiger partial charge on any atom is -0.496 e. The van der Waals surface area contributed by atoms with Gasteiger partial charge in [0.15, 0.2) is 0 Å². The molecule has 3 rings (SSSR count). The second-order valence-corrected chi connectivity index (χ2v) is 5.46. The molecule has 0 bridgehead atoms. The molecular weight excluding hydrogens is 250 g/mol. The minimum atomic E-state index is 0.00306. The van der Waals surface area contributed by atoms with Gasteiger partial charge in [0, 0.05) is 24.0 Å². The molecule has 20 heavy (non-hydrogen) atoms. The largest absolute Gasteiger partial charge is 0.496 e. The maximum absolute atomic E-state index is 6.53. The first-order valence-corrected chi connectivity index (χ1v) is 7.15. The molecule has 106 valence electrons. The van der Waals surface area contributed by atoms with Crippen molar-refractivity contribution >= 4 is 10.8 Å². The molecule has 2 aromatic carbocycles. The molecule has 0 spiro atoms. The third-order valence-corrected chi connectivity index (χ3v) is 4.39. The zero-order chi connectivity index (χ0) is 14.1. The van der Waals surface area contributed by atoms with Crippen LogP contribution in [0.5, 0.6) is 5.75 Å². The highest BCUT2D eigenvalue weighted by Crippen LogP contribution is 2.37. The Balaban J connectivity index is 2.07. The van der Waals surface area contributed by atoms with Crippen molar-refractivity contribution in [2.45, 2.75) is 25.5 Å². The molecule has 0 aromatic heterocycles. The van der Waals surface area contributed by atoms with Crippen molar-refractivity contribution in [2.75, 3.05) is 13.7 Å². The van der Waals surface area contributed by atoms with Gasteiger partial charge < -0.3 is 15.2 Å². The van der Waals surface area contributed by atoms with E-state index in [9.17, 15) is 0 Å². The van der Waals surface area contributed by atoms with Crippen molar-refractivity contribution in [3.63, 3.8) is 0 Å². The maximum atomic E-state index is 6.53. The van der Waals surface area contributed by atoms with E-state index in [1.54, 1.807) is 7.11 Å². The molecular formula is C17H21NO2. The van der Waals surface area contributed by atoms with Gasteiger partial charge in [-0.15, -0.1) is 0 Å². The molecule has 1 heterocycles. The molecule has 2 aromatic rings. The Kier molecular flexibility index (Phi) is 3.64. The Hall–Kier alpha value is -1.58. The Morgan fingerprint density at radius 1 is 1.20 bits per heavy atom. The second-order valence-electron chi connectivity index (χ2n) is 5.46. The van der Waals surface area contributed by atoms with Crippen LogP contribution in [0.2, 0.25) is 0 Å². The van der Waals surface area contributed by atoms with Crippen molar-refractivity contribution < 1.29 is 9.47 Å². The number of nitrogens with two attached hydrogens (primary N) is 1. The summed E-state index contributed by atoms with van der Waals surface area (Å²) >= 11 is 0. The third kappa shape index (κ3) is 2.17. The van der Waals surface area contributed by atoms with Gasteiger partial charge in [-0.3, -0.25) is 0 Å². The average molecular weight is 271 g/mol. The zero-order valence-electron chi connectivity index (χ0n) is 12.0. The summed E-state index contributed by atoms with van der Waals surface area (Å²) in [5.41, 5.74) is 7.71. The Morgan fingerprint density at radius 2 is 1.95 bits per heavy atom. The second kappa shape index (κ2) is 5.43. The van der Waals surface area contributed by atoms with Gasteiger partial charge in [-0.1, -0.05) is 30.3 Å². The Labute approximate surface area is 119 Å². The van der Waals surface area contributed by atoms with Crippen molar-refractivity contribution in [3.8, 4) is 5.75 Å². The molecule has 1 aliphatic rings. The topological polar surface area (TPSA) is 44.5 Å². The van der Waals surface area contributed by atoms with Crippen LogP contribution >= 0.6 is 0 Å². The van der Waals surface area contributed by atoms with Crippen LogP contribution < -0.4 is 10.5 Å². The first kappa shape index (κ1) is 13.4. The van der Waals surface area contributed by atoms with Crippen LogP contribution in [0, 0.1) is 5.92 Å². The first-order chi connectivity index (χ1) is 9.72. The number of ether oxygens (including phenoxy) is 2. The van der Waals surface area contributed by atoms with Gasteiger partial charge in [0.05, 0.1) is 13.2 Å². The zero-order valence-corrected chi connectivity index (χ0v) is 12.0. The number of benzene rings is 2. The van der Waals surface area contributed by atoms with E-state index >= 15 is 0 Å². The van der Waals surface area contributed by atoms with Gasteiger partial charge in [-0.05, 0) is 30.4 Å². The molecule has 0 amide bonds. The lowest BCUT2D eigenvalue weighted by atomic mass is 9.86. The summed E-state index contributed by atoms with van der Waals surface area (Å²) in [6, 6.07) is 12.4. The molecule has 3 atom stereocenters. The minimum absolute atomic E-state index is 0.00306. The number of hydrogen-bond acceptors (Lipinski definition) is 3. The molecule has 0 aliphatic carbocycles. The van der Waals surface area contributed by atoms with E-state index in [1.807, 2.05) is 18.2 Å². The van der Waals surface area contributed by atoms with E-state index in [4.69, 9.17) is 15.2 Å². The smallest absolute Gasteiger partial charge is 0.126 e. The Bertz CT molecular complexity index is 611. The summed E-state index contributed by atoms with van der Waals surface area (Å²) in [7, 11) is 1.70. The predicted octanol–water partition coefficient (Wildman–Crippen LogP) is 3.27. The number of fused-ring (bicyclic) bond motifs is 1. The lowest BCUT2D eigenvalue weighted by Crippen LogP contribution is -2.26. The summed E-state index contributed by atoms with van der Waals surface area (Å²) in [5, 5.41) is 2.30. The van der Waals surface area contributed by atoms with Crippen LogP contribution in [-0.2, 0) is 4.74 Å². The molecule has 3 nitrogen and oxygen atoms in total. The quantitative estimate of drug-likeness (QED) is 0.931. The van der Waals surface area contributed by atoms with Gasteiger partial charge in [-0.25, -0.2) is 0 Å². The molecule has 1 fully saturated rings. The van der Waals surface area contributed by atoms with Crippen LogP contribution in [0.15, 0.2) is 36.4 Å². The summed E-state index contributed by atoms with van der Waals surface area (Å²) in [5.74, 6) is 1.28. The highest BCUT2D eigenvalue weighted by atomic mass is 16.5. The van der Waals surface area contributed by atoms with Gasteiger partial charge in [-0.2, -0.15) is 0 Å². The van der Waals surface area contributed by atoms with E-state index in [0.29, 0.717) is 5.92 Å². The molecule has 1 aliphatic heterocycles. The lowest BCUT2D eigenvalue weighted by molar-refractivity contribution is 0.0996. The monoisotopic (exact) mass is 271 g/mol. The predicted molar refractivity (Wildman–Crippen MR) is 80.9 cm³/mol. The van der Waals surface area contributed by atoms with Crippen LogP contribution in [0.25, 0.3) is 10.8 Å². The molecule has 0 saturated carbocycles. The van der Waals surface area contributed by atoms with Crippen molar-refractivity contribution in [1.29, 1.82) is 0 Å². The molecule has 3 unspecified atom stereocenters. The fraction of sp³-hybridized carbons (Fsp3) is 0.412. The van der Waals surface area contributed by atoms with Crippen LogP contribution in [0.4, 0.5) is 0 Å². The molecule has 2 N–H and O–H groups in total. The van der Waals surface area contributed by atoms with Gasteiger partial charge >= 0.3 is 0 Å². The van der Waals surface area contributed by atoms with E-state index in [0.717, 1.165) is 24.2 Å². The highest BCUT2D eigenvalue weighted by Gasteiger charge is 2.31. The maximum Gasteiger partial charge on any atom is 0.126 e. The normalized spacial score (nSPS) is 23.9. The van der Waals surface area contributed by atoms with Crippen molar-refractivity contribution in [1.82, 2.24) is 0 Å². The number of rotatable bonds is 3. The van der Waals surface area contributed by atoms with Crippen LogP contribution in [0.1, 0.15) is 24.9 Å². The van der Waals surface area contributed by atoms with Gasteiger partial charge in [0.25, 0.3) is 0 Å². The van der Waals surface area contributed by atoms with Crippen LogP contribution in [-0.4, -0.2) is 19.8 Å². The van der Waals surface area contributed by atoms with Crippen molar-refractivity contribution in [2.24, 2.45) is 11.7 Å². The van der Waals surface area contributed by atoms with E-state index in [1.165, 1.54) is 10.9 Å². The SMILES string of the molecule is COc1ccc(C(N)C2CCOC2C)c2ccccc12. The summed E-state index contributed by atoms with van der Waals surface area (Å²) in [6.07, 6.45) is 1.26. The fourth-order valence-electron chi connectivity index (χ4n) is 3.21. The Morgan fingerprint density at radius 3 is 2.60 bits per heavy atom. The van der Waals surface area contributed by atoms with E-state index in [-0.39, 0.29) is 12.1 Å². The van der Waals surface area contributed by atoms with Gasteiger partial charge in [0.1, 0.15) is 5.75 Å². The van der Waals surface area contributed by atoms with Crippen molar-refractivity contribution in [3.05, 3.63) is 42.0 Å². The molecule has 3 heteroatoms. The van der Waals surface area contributed by atoms with E-state index in [2.05, 4.69) is 25.1 Å². The van der Waals surface area contributed by atoms with Gasteiger partial charge in [0.2, 0.25) is 0 Å². The number of hydrogen-bond donors (Lipinski definition) is 1. The summed E-state index contributed by atoms with van der Waals surface area (Å²) < 4.78 is 11.1. The first-order valence-electron chi connectivity index (χ1n) is 7.15. The third-order valence-electron chi connectivity index (χ3n) is 4.39. The molecule has 0 radical (unpaired) electrons. The highest BCUT2D eigenvalue weighted by molar-refractivity contribution is 5.91. The molecule has 1 saturated heterocycles. The number of methoxy groups -OCH3 is 1. The van der Waals surface area contributed by atoms with E-state index < -0.39 is 0 Å². The summed E-state index contributed by atoms with van der Waals surface area (Å²) in [6.45, 7) is 2.93. The average Bonchev–Trinajstić information content (AvgIpc) is 2.91. The fourth-order valence-corrected chi connectivity index (χ4v) is 3.21. The summed E-state index contributed by atoms with van der Waals surface area (Å²) in [4.78, 5) is 0.